The molecule has 0 amide bonds. The van der Waals surface area contributed by atoms with E-state index in [-0.39, 0.29) is 0 Å². The Kier molecular flexibility index (Phi) is 5.40. The maximum atomic E-state index is 5.77. The third kappa shape index (κ3) is 4.33. The molecule has 0 aliphatic rings. The van der Waals surface area contributed by atoms with Gasteiger partial charge < -0.3 is 5.73 Å². The lowest BCUT2D eigenvalue weighted by Gasteiger charge is -2.24. The highest BCUT2D eigenvalue weighted by Gasteiger charge is 2.10. The summed E-state index contributed by atoms with van der Waals surface area (Å²) in [6.45, 7) is 9.74. The van der Waals surface area contributed by atoms with Crippen LogP contribution in [0.5, 0.6) is 0 Å². The zero-order valence-corrected chi connectivity index (χ0v) is 13.4. The van der Waals surface area contributed by atoms with Crippen LogP contribution in [0.4, 0.5) is 5.69 Å². The van der Waals surface area contributed by atoms with Gasteiger partial charge in [-0.1, -0.05) is 37.3 Å². The van der Waals surface area contributed by atoms with E-state index in [2.05, 4.69) is 56.0 Å². The van der Waals surface area contributed by atoms with Gasteiger partial charge in [-0.2, -0.15) is 0 Å². The monoisotopic (exact) mass is 282 g/mol. The molecule has 0 aliphatic heterocycles. The molecule has 0 radical (unpaired) electrons. The van der Waals surface area contributed by atoms with E-state index in [4.69, 9.17) is 5.73 Å². The van der Waals surface area contributed by atoms with Gasteiger partial charge in [0.25, 0.3) is 0 Å². The Balaban J connectivity index is 2.13. The summed E-state index contributed by atoms with van der Waals surface area (Å²) in [5.41, 5.74) is 12.1. The topological polar surface area (TPSA) is 29.3 Å². The predicted molar refractivity (Wildman–Crippen MR) is 91.2 cm³/mol. The van der Waals surface area contributed by atoms with Gasteiger partial charge in [-0.05, 0) is 61.2 Å². The number of rotatable bonds is 6. The summed E-state index contributed by atoms with van der Waals surface area (Å²) >= 11 is 0. The van der Waals surface area contributed by atoms with E-state index in [0.717, 1.165) is 25.3 Å². The number of hydrogen-bond donors (Lipinski definition) is 1. The van der Waals surface area contributed by atoms with E-state index in [1.807, 2.05) is 12.1 Å². The highest BCUT2D eigenvalue weighted by atomic mass is 15.1. The second kappa shape index (κ2) is 7.28. The Bertz CT molecular complexity index is 552. The molecule has 2 rings (SSSR count). The average Bonchev–Trinajstić information content (AvgIpc) is 2.45. The fourth-order valence-corrected chi connectivity index (χ4v) is 2.73. The van der Waals surface area contributed by atoms with Crippen molar-refractivity contribution >= 4 is 5.69 Å². The van der Waals surface area contributed by atoms with Gasteiger partial charge in [0.05, 0.1) is 0 Å². The van der Waals surface area contributed by atoms with Crippen LogP contribution < -0.4 is 5.73 Å². The van der Waals surface area contributed by atoms with Gasteiger partial charge in [-0.3, -0.25) is 4.90 Å². The first-order valence-corrected chi connectivity index (χ1v) is 7.72. The van der Waals surface area contributed by atoms with E-state index < -0.39 is 0 Å². The van der Waals surface area contributed by atoms with Gasteiger partial charge in [-0.15, -0.1) is 0 Å². The van der Waals surface area contributed by atoms with Crippen LogP contribution in [0.15, 0.2) is 42.5 Å². The number of aryl methyl sites for hydroxylation is 2. The molecule has 0 unspecified atom stereocenters. The third-order valence-corrected chi connectivity index (χ3v) is 3.95. The summed E-state index contributed by atoms with van der Waals surface area (Å²) in [6.07, 6.45) is 1.17. The molecule has 2 N–H and O–H groups in total. The molecule has 2 nitrogen and oxygen atoms in total. The maximum Gasteiger partial charge on any atom is 0.0314 e. The lowest BCUT2D eigenvalue weighted by molar-refractivity contribution is 0.256. The zero-order valence-electron chi connectivity index (χ0n) is 13.4. The molecule has 2 heteroatoms. The highest BCUT2D eigenvalue weighted by molar-refractivity contribution is 5.39. The Labute approximate surface area is 128 Å². The standard InChI is InChI=1S/C19H26N2/c1-4-12-21(13-17-8-10-18(20)11-9-17)14-19-15(2)6-5-7-16(19)3/h5-11H,4,12-14,20H2,1-3H3. The first-order chi connectivity index (χ1) is 10.1. The summed E-state index contributed by atoms with van der Waals surface area (Å²) < 4.78 is 0. The van der Waals surface area contributed by atoms with Crippen molar-refractivity contribution in [3.8, 4) is 0 Å². The van der Waals surface area contributed by atoms with Crippen molar-refractivity contribution in [2.75, 3.05) is 12.3 Å². The van der Waals surface area contributed by atoms with Crippen LogP contribution >= 0.6 is 0 Å². The molecule has 0 bridgehead atoms. The molecular weight excluding hydrogens is 256 g/mol. The van der Waals surface area contributed by atoms with Crippen molar-refractivity contribution in [2.45, 2.75) is 40.3 Å². The number of benzene rings is 2. The van der Waals surface area contributed by atoms with E-state index in [1.165, 1.54) is 28.7 Å². The summed E-state index contributed by atoms with van der Waals surface area (Å²) in [5.74, 6) is 0. The molecule has 0 heterocycles. The van der Waals surface area contributed by atoms with Gasteiger partial charge in [0, 0.05) is 18.8 Å². The van der Waals surface area contributed by atoms with Crippen molar-refractivity contribution in [1.29, 1.82) is 0 Å². The van der Waals surface area contributed by atoms with Crippen molar-refractivity contribution in [3.63, 3.8) is 0 Å². The van der Waals surface area contributed by atoms with Crippen molar-refractivity contribution < 1.29 is 0 Å². The molecule has 0 fully saturated rings. The third-order valence-electron chi connectivity index (χ3n) is 3.95. The molecule has 0 aromatic heterocycles. The highest BCUT2D eigenvalue weighted by Crippen LogP contribution is 2.18. The summed E-state index contributed by atoms with van der Waals surface area (Å²) in [4.78, 5) is 2.51. The van der Waals surface area contributed by atoms with Gasteiger partial charge in [-0.25, -0.2) is 0 Å². The van der Waals surface area contributed by atoms with Crippen molar-refractivity contribution in [2.24, 2.45) is 0 Å². The smallest absolute Gasteiger partial charge is 0.0314 e. The van der Waals surface area contributed by atoms with E-state index in [9.17, 15) is 0 Å². The average molecular weight is 282 g/mol. The molecule has 0 spiro atoms. The Hall–Kier alpha value is -1.80. The normalized spacial score (nSPS) is 11.0. The largest absolute Gasteiger partial charge is 0.399 e. The minimum absolute atomic E-state index is 0.829. The number of hydrogen-bond acceptors (Lipinski definition) is 2. The second-order valence-electron chi connectivity index (χ2n) is 5.82. The molecule has 112 valence electrons. The predicted octanol–water partition coefficient (Wildman–Crippen LogP) is 4.30. The molecule has 2 aromatic rings. The molecule has 2 aromatic carbocycles. The van der Waals surface area contributed by atoms with Crippen molar-refractivity contribution in [3.05, 3.63) is 64.7 Å². The van der Waals surface area contributed by atoms with E-state index in [1.54, 1.807) is 0 Å². The zero-order chi connectivity index (χ0) is 15.2. The lowest BCUT2D eigenvalue weighted by atomic mass is 10.0. The van der Waals surface area contributed by atoms with Crippen LogP contribution in [-0.4, -0.2) is 11.4 Å². The first kappa shape index (κ1) is 15.6. The lowest BCUT2D eigenvalue weighted by Crippen LogP contribution is -2.24. The number of nitrogens with two attached hydrogens (primary N) is 1. The molecule has 0 aliphatic carbocycles. The summed E-state index contributed by atoms with van der Waals surface area (Å²) in [5, 5.41) is 0. The van der Waals surface area contributed by atoms with Crippen LogP contribution in [0.1, 0.15) is 35.6 Å². The fourth-order valence-electron chi connectivity index (χ4n) is 2.73. The maximum absolute atomic E-state index is 5.77. The first-order valence-electron chi connectivity index (χ1n) is 7.72. The second-order valence-corrected chi connectivity index (χ2v) is 5.82. The Morgan fingerprint density at radius 1 is 0.905 bits per heavy atom. The Morgan fingerprint density at radius 3 is 2.10 bits per heavy atom. The number of nitrogens with zero attached hydrogens (tertiary/aromatic N) is 1. The number of nitrogen functional groups attached to an aromatic ring is 1. The molecular formula is C19H26N2. The van der Waals surface area contributed by atoms with Crippen LogP contribution in [-0.2, 0) is 13.1 Å². The van der Waals surface area contributed by atoms with Gasteiger partial charge >= 0.3 is 0 Å². The minimum atomic E-state index is 0.829. The van der Waals surface area contributed by atoms with Gasteiger partial charge in [0.2, 0.25) is 0 Å². The van der Waals surface area contributed by atoms with Crippen LogP contribution in [0, 0.1) is 13.8 Å². The molecule has 0 atom stereocenters. The van der Waals surface area contributed by atoms with Crippen LogP contribution in [0.25, 0.3) is 0 Å². The quantitative estimate of drug-likeness (QED) is 0.800. The van der Waals surface area contributed by atoms with Gasteiger partial charge in [0.1, 0.15) is 0 Å². The van der Waals surface area contributed by atoms with E-state index >= 15 is 0 Å². The van der Waals surface area contributed by atoms with Gasteiger partial charge in [0.15, 0.2) is 0 Å². The molecule has 21 heavy (non-hydrogen) atoms. The van der Waals surface area contributed by atoms with Crippen molar-refractivity contribution in [1.82, 2.24) is 4.90 Å². The SMILES string of the molecule is CCCN(Cc1ccc(N)cc1)Cc1c(C)cccc1C. The minimum Gasteiger partial charge on any atom is -0.399 e. The number of anilines is 1. The van der Waals surface area contributed by atoms with Crippen LogP contribution in [0.3, 0.4) is 0 Å². The summed E-state index contributed by atoms with van der Waals surface area (Å²) in [6, 6.07) is 14.8. The fraction of sp³-hybridized carbons (Fsp3) is 0.368. The molecule has 0 saturated carbocycles. The Morgan fingerprint density at radius 2 is 1.52 bits per heavy atom. The van der Waals surface area contributed by atoms with Crippen LogP contribution in [0.2, 0.25) is 0 Å². The molecule has 0 saturated heterocycles. The summed E-state index contributed by atoms with van der Waals surface area (Å²) in [7, 11) is 0. The van der Waals surface area contributed by atoms with E-state index in [0.29, 0.717) is 0 Å².